The molecule has 0 saturated heterocycles. The second-order valence-corrected chi connectivity index (χ2v) is 5.76. The second kappa shape index (κ2) is 4.25. The molecule has 0 unspecified atom stereocenters. The van der Waals surface area contributed by atoms with Crippen LogP contribution in [0.2, 0.25) is 0 Å². The maximum atomic E-state index is 5.29. The van der Waals surface area contributed by atoms with Gasteiger partial charge in [0.2, 0.25) is 0 Å². The van der Waals surface area contributed by atoms with Gasteiger partial charge in [0, 0.05) is 0 Å². The molecule has 80 valence electrons. The minimum atomic E-state index is -0.309. The number of hydrogen-bond donors (Lipinski definition) is 0. The summed E-state index contributed by atoms with van der Waals surface area (Å²) in [6, 6.07) is 0. The summed E-state index contributed by atoms with van der Waals surface area (Å²) >= 11 is -0.309. The van der Waals surface area contributed by atoms with E-state index in [1.54, 1.807) is 25.4 Å². The first-order valence-electron chi connectivity index (χ1n) is 5.25. The number of allylic oxidation sites excluding steroid dienone is 1. The van der Waals surface area contributed by atoms with Crippen LogP contribution in [0.1, 0.15) is 26.2 Å². The molecule has 0 aromatic rings. The molecule has 1 saturated carbocycles. The summed E-state index contributed by atoms with van der Waals surface area (Å²) in [4.78, 5) is 0. The van der Waals surface area contributed by atoms with E-state index >= 15 is 0 Å². The van der Waals surface area contributed by atoms with E-state index in [1.807, 2.05) is 0 Å². The van der Waals surface area contributed by atoms with Gasteiger partial charge in [0.15, 0.2) is 5.75 Å². The fourth-order valence-corrected chi connectivity index (χ4v) is 3.91. The molecule has 0 aromatic carbocycles. The van der Waals surface area contributed by atoms with Gasteiger partial charge in [-0.2, -0.15) is 0 Å². The van der Waals surface area contributed by atoms with E-state index in [1.165, 1.54) is 19.3 Å². The maximum absolute atomic E-state index is 5.29. The molecular weight excluding hydrogens is 196 g/mol. The lowest BCUT2D eigenvalue weighted by Crippen LogP contribution is -2.17. The Morgan fingerprint density at radius 3 is 2.36 bits per heavy atom. The van der Waals surface area contributed by atoms with Crippen LogP contribution in [0.3, 0.4) is 0 Å². The molecule has 2 aliphatic carbocycles. The summed E-state index contributed by atoms with van der Waals surface area (Å²) in [5, 5.41) is 0. The minimum absolute atomic E-state index is 0.309. The minimum Gasteiger partial charge on any atom is -0.144 e. The third-order valence-corrected chi connectivity index (χ3v) is 4.98. The lowest BCUT2D eigenvalue weighted by atomic mass is 9.94. The highest BCUT2D eigenvalue weighted by Gasteiger charge is 2.40. The van der Waals surface area contributed by atoms with Crippen LogP contribution in [0.25, 0.3) is 0 Å². The highest BCUT2D eigenvalue weighted by molar-refractivity contribution is 7.87. The molecule has 2 bridgehead atoms. The molecule has 0 heterocycles. The molecule has 0 aromatic heterocycles. The molecule has 2 aliphatic rings. The van der Waals surface area contributed by atoms with Crippen molar-refractivity contribution in [2.75, 3.05) is 20.0 Å². The highest BCUT2D eigenvalue weighted by Crippen LogP contribution is 2.48. The van der Waals surface area contributed by atoms with Gasteiger partial charge in [-0.3, -0.25) is 0 Å². The van der Waals surface area contributed by atoms with Crippen LogP contribution in [0.15, 0.2) is 11.1 Å². The first kappa shape index (κ1) is 10.5. The summed E-state index contributed by atoms with van der Waals surface area (Å²) in [7, 11) is 3.46. The van der Waals surface area contributed by atoms with Gasteiger partial charge in [-0.05, 0) is 43.6 Å². The Morgan fingerprint density at radius 2 is 1.86 bits per heavy atom. The van der Waals surface area contributed by atoms with E-state index < -0.39 is 0 Å². The number of fused-ring (bicyclic) bond motifs is 2. The van der Waals surface area contributed by atoms with Crippen molar-refractivity contribution in [3.05, 3.63) is 11.1 Å². The molecule has 3 heteroatoms. The molecule has 14 heavy (non-hydrogen) atoms. The van der Waals surface area contributed by atoms with Crippen LogP contribution in [0.5, 0.6) is 0 Å². The van der Waals surface area contributed by atoms with Gasteiger partial charge >= 0.3 is 11.5 Å². The molecule has 0 radical (unpaired) electrons. The monoisotopic (exact) mass is 215 g/mol. The van der Waals surface area contributed by atoms with Gasteiger partial charge in [-0.25, -0.2) is 0 Å². The van der Waals surface area contributed by atoms with E-state index in [0.29, 0.717) is 0 Å². The molecule has 0 spiro atoms. The topological polar surface area (TPSA) is 18.5 Å². The fourth-order valence-electron chi connectivity index (χ4n) is 2.82. The zero-order valence-corrected chi connectivity index (χ0v) is 10.0. The normalized spacial score (nSPS) is 30.9. The van der Waals surface area contributed by atoms with Crippen LogP contribution in [0.4, 0.5) is 0 Å². The Labute approximate surface area is 89.4 Å². The van der Waals surface area contributed by atoms with E-state index in [4.69, 9.17) is 8.37 Å². The largest absolute Gasteiger partial charge is 0.318 e. The van der Waals surface area contributed by atoms with E-state index in [2.05, 4.69) is 6.92 Å². The summed E-state index contributed by atoms with van der Waals surface area (Å²) in [6.45, 7) is 2.30. The average Bonchev–Trinajstić information content (AvgIpc) is 2.77. The van der Waals surface area contributed by atoms with E-state index in [-0.39, 0.29) is 11.5 Å². The Bertz CT molecular complexity index is 246. The van der Waals surface area contributed by atoms with Crippen LogP contribution in [-0.2, 0) is 19.8 Å². The van der Waals surface area contributed by atoms with Gasteiger partial charge in [0.1, 0.15) is 0 Å². The molecule has 1 fully saturated rings. The van der Waals surface area contributed by atoms with Gasteiger partial charge in [0.05, 0.1) is 14.2 Å². The fraction of sp³-hybridized carbons (Fsp3) is 0.818. The lowest BCUT2D eigenvalue weighted by Gasteiger charge is -2.14. The van der Waals surface area contributed by atoms with Crippen molar-refractivity contribution in [3.63, 3.8) is 0 Å². The Hall–Kier alpha value is 0.01000. The molecule has 2 nitrogen and oxygen atoms in total. The van der Waals surface area contributed by atoms with Crippen molar-refractivity contribution in [1.82, 2.24) is 0 Å². The first-order valence-corrected chi connectivity index (χ1v) is 6.50. The van der Waals surface area contributed by atoms with Crippen molar-refractivity contribution < 1.29 is 8.37 Å². The molecule has 0 amide bonds. The molecule has 2 atom stereocenters. The quantitative estimate of drug-likeness (QED) is 0.530. The summed E-state index contributed by atoms with van der Waals surface area (Å²) in [5.41, 5.74) is 3.26. The van der Waals surface area contributed by atoms with Crippen molar-refractivity contribution in [2.45, 2.75) is 26.2 Å². The molecule has 2 rings (SSSR count). The molecule has 0 N–H and O–H groups in total. The van der Waals surface area contributed by atoms with Crippen molar-refractivity contribution >= 4 is 11.5 Å². The third-order valence-electron chi connectivity index (χ3n) is 3.69. The van der Waals surface area contributed by atoms with Crippen molar-refractivity contribution in [3.8, 4) is 0 Å². The van der Waals surface area contributed by atoms with Gasteiger partial charge in [0.25, 0.3) is 0 Å². The second-order valence-electron chi connectivity index (χ2n) is 4.20. The standard InChI is InChI=1S/C11H19O2S/c1-8-9-4-5-10(6-9)11(8)7-14(12-2)13-3/h9-10H,4-7H2,1-3H3/q+1/t9-,10+/m0/s1. The number of hydrogen-bond acceptors (Lipinski definition) is 2. The smallest absolute Gasteiger partial charge is 0.144 e. The van der Waals surface area contributed by atoms with Crippen LogP contribution < -0.4 is 0 Å². The Balaban J connectivity index is 2.04. The summed E-state index contributed by atoms with van der Waals surface area (Å²) < 4.78 is 10.6. The SMILES string of the molecule is CO[S+](CC1=C(C)[C@H]2CC[C@@H]1C2)OC. The maximum Gasteiger partial charge on any atom is 0.318 e. The number of rotatable bonds is 4. The summed E-state index contributed by atoms with van der Waals surface area (Å²) in [6.07, 6.45) is 4.20. The van der Waals surface area contributed by atoms with Crippen molar-refractivity contribution in [1.29, 1.82) is 0 Å². The van der Waals surface area contributed by atoms with Gasteiger partial charge in [-0.15, -0.1) is 8.37 Å². The van der Waals surface area contributed by atoms with Crippen LogP contribution in [-0.4, -0.2) is 20.0 Å². The van der Waals surface area contributed by atoms with Crippen LogP contribution in [0, 0.1) is 11.8 Å². The average molecular weight is 215 g/mol. The molecule has 0 aliphatic heterocycles. The lowest BCUT2D eigenvalue weighted by molar-refractivity contribution is 0.359. The Kier molecular flexibility index (Phi) is 3.20. The van der Waals surface area contributed by atoms with Crippen LogP contribution >= 0.6 is 0 Å². The zero-order valence-electron chi connectivity index (χ0n) is 9.21. The van der Waals surface area contributed by atoms with Gasteiger partial charge in [-0.1, -0.05) is 5.57 Å². The van der Waals surface area contributed by atoms with Gasteiger partial charge < -0.3 is 0 Å². The molecular formula is C11H19O2S+. The first-order chi connectivity index (χ1) is 6.76. The van der Waals surface area contributed by atoms with Crippen molar-refractivity contribution in [2.24, 2.45) is 11.8 Å². The summed E-state index contributed by atoms with van der Waals surface area (Å²) in [5.74, 6) is 2.73. The van der Waals surface area contributed by atoms with E-state index in [0.717, 1.165) is 17.6 Å². The zero-order chi connectivity index (χ0) is 10.1. The predicted octanol–water partition coefficient (Wildman–Crippen LogP) is 2.47. The highest BCUT2D eigenvalue weighted by atomic mass is 32.2. The predicted molar refractivity (Wildman–Crippen MR) is 59.8 cm³/mol. The van der Waals surface area contributed by atoms with E-state index in [9.17, 15) is 0 Å². The third kappa shape index (κ3) is 1.73. The Morgan fingerprint density at radius 1 is 1.21 bits per heavy atom.